The third-order valence-electron chi connectivity index (χ3n) is 2.97. The molecule has 0 saturated heterocycles. The Kier molecular flexibility index (Phi) is 1.83. The molecule has 0 unspecified atom stereocenters. The molecule has 0 radical (unpaired) electrons. The molecule has 1 heterocycles. The molecular formula is C14H10O2. The maximum Gasteiger partial charge on any atom is 0.185 e. The van der Waals surface area contributed by atoms with Gasteiger partial charge in [0.15, 0.2) is 12.0 Å². The summed E-state index contributed by atoms with van der Waals surface area (Å²) >= 11 is 0. The van der Waals surface area contributed by atoms with Gasteiger partial charge in [-0.05, 0) is 12.3 Å². The van der Waals surface area contributed by atoms with Crippen molar-refractivity contribution < 1.29 is 9.21 Å². The van der Waals surface area contributed by atoms with E-state index in [4.69, 9.17) is 4.42 Å². The van der Waals surface area contributed by atoms with Crippen LogP contribution in [0.15, 0.2) is 40.8 Å². The number of benzene rings is 2. The third-order valence-corrected chi connectivity index (χ3v) is 2.97. The van der Waals surface area contributed by atoms with Crippen molar-refractivity contribution in [1.82, 2.24) is 0 Å². The molecule has 78 valence electrons. The van der Waals surface area contributed by atoms with Crippen molar-refractivity contribution in [2.24, 2.45) is 0 Å². The van der Waals surface area contributed by atoms with Crippen molar-refractivity contribution in [3.8, 4) is 0 Å². The van der Waals surface area contributed by atoms with Gasteiger partial charge in [-0.25, -0.2) is 0 Å². The van der Waals surface area contributed by atoms with Crippen molar-refractivity contribution >= 4 is 28.0 Å². The second-order valence-electron chi connectivity index (χ2n) is 3.87. The molecule has 3 rings (SSSR count). The number of fused-ring (bicyclic) bond motifs is 3. The van der Waals surface area contributed by atoms with Gasteiger partial charge in [0.25, 0.3) is 0 Å². The van der Waals surface area contributed by atoms with E-state index in [0.717, 1.165) is 33.6 Å². The second-order valence-corrected chi connectivity index (χ2v) is 3.87. The Balaban J connectivity index is 2.56. The van der Waals surface area contributed by atoms with E-state index >= 15 is 0 Å². The Labute approximate surface area is 92.5 Å². The molecule has 0 saturated carbocycles. The number of hydrogen-bond donors (Lipinski definition) is 0. The summed E-state index contributed by atoms with van der Waals surface area (Å²) < 4.78 is 5.59. The van der Waals surface area contributed by atoms with Gasteiger partial charge in [-0.15, -0.1) is 0 Å². The number of aryl methyl sites for hydroxylation is 1. The molecule has 0 fully saturated rings. The van der Waals surface area contributed by atoms with E-state index in [2.05, 4.69) is 6.07 Å². The molecule has 2 nitrogen and oxygen atoms in total. The van der Waals surface area contributed by atoms with Crippen LogP contribution in [-0.4, -0.2) is 6.29 Å². The van der Waals surface area contributed by atoms with Crippen molar-refractivity contribution in [3.63, 3.8) is 0 Å². The first-order chi connectivity index (χ1) is 7.81. The van der Waals surface area contributed by atoms with Gasteiger partial charge in [0, 0.05) is 16.3 Å². The standard InChI is InChI=1S/C14H10O2/c1-9-11-7-6-10-4-2-3-5-12(10)14(11)16-13(9)8-15/h2-8H,1H3. The molecule has 2 aromatic carbocycles. The fraction of sp³-hybridized carbons (Fsp3) is 0.0714. The fourth-order valence-electron chi connectivity index (χ4n) is 2.08. The number of aldehydes is 1. The number of hydrogen-bond acceptors (Lipinski definition) is 2. The minimum absolute atomic E-state index is 0.423. The lowest BCUT2D eigenvalue weighted by atomic mass is 10.1. The van der Waals surface area contributed by atoms with E-state index in [-0.39, 0.29) is 0 Å². The zero-order valence-corrected chi connectivity index (χ0v) is 8.86. The zero-order valence-electron chi connectivity index (χ0n) is 8.86. The molecule has 0 aliphatic rings. The highest BCUT2D eigenvalue weighted by Gasteiger charge is 2.11. The van der Waals surface area contributed by atoms with Crippen LogP contribution in [0.2, 0.25) is 0 Å². The Hall–Kier alpha value is -2.09. The Morgan fingerprint density at radius 3 is 2.69 bits per heavy atom. The zero-order chi connectivity index (χ0) is 11.1. The van der Waals surface area contributed by atoms with Gasteiger partial charge in [-0.3, -0.25) is 4.79 Å². The highest BCUT2D eigenvalue weighted by atomic mass is 16.3. The summed E-state index contributed by atoms with van der Waals surface area (Å²) in [5.41, 5.74) is 1.72. The van der Waals surface area contributed by atoms with Crippen LogP contribution in [0, 0.1) is 6.92 Å². The molecule has 1 aromatic heterocycles. The van der Waals surface area contributed by atoms with Gasteiger partial charge in [0.2, 0.25) is 0 Å². The van der Waals surface area contributed by atoms with Crippen LogP contribution in [0.1, 0.15) is 16.1 Å². The molecule has 16 heavy (non-hydrogen) atoms. The predicted molar refractivity (Wildman–Crippen MR) is 63.8 cm³/mol. The van der Waals surface area contributed by atoms with E-state index in [1.54, 1.807) is 0 Å². The van der Waals surface area contributed by atoms with E-state index in [1.165, 1.54) is 0 Å². The first kappa shape index (κ1) is 9.16. The van der Waals surface area contributed by atoms with E-state index < -0.39 is 0 Å². The molecule has 0 spiro atoms. The van der Waals surface area contributed by atoms with Gasteiger partial charge < -0.3 is 4.42 Å². The maximum absolute atomic E-state index is 10.8. The lowest BCUT2D eigenvalue weighted by Crippen LogP contribution is -1.76. The van der Waals surface area contributed by atoms with Crippen LogP contribution in [0.3, 0.4) is 0 Å². The van der Waals surface area contributed by atoms with Gasteiger partial charge in [0.1, 0.15) is 5.58 Å². The van der Waals surface area contributed by atoms with Crippen LogP contribution in [0.25, 0.3) is 21.7 Å². The fourth-order valence-corrected chi connectivity index (χ4v) is 2.08. The smallest absolute Gasteiger partial charge is 0.185 e. The molecule has 2 heteroatoms. The average Bonchev–Trinajstić information content (AvgIpc) is 2.67. The second kappa shape index (κ2) is 3.20. The number of furan rings is 1. The van der Waals surface area contributed by atoms with Crippen LogP contribution in [0.4, 0.5) is 0 Å². The van der Waals surface area contributed by atoms with Gasteiger partial charge in [-0.1, -0.05) is 36.4 Å². The Bertz CT molecular complexity index is 692. The predicted octanol–water partition coefficient (Wildman–Crippen LogP) is 3.71. The molecule has 3 aromatic rings. The van der Waals surface area contributed by atoms with Crippen molar-refractivity contribution in [3.05, 3.63) is 47.7 Å². The summed E-state index contributed by atoms with van der Waals surface area (Å²) in [7, 11) is 0. The highest BCUT2D eigenvalue weighted by molar-refractivity contribution is 6.06. The molecular weight excluding hydrogens is 200 g/mol. The molecule has 0 aliphatic carbocycles. The van der Waals surface area contributed by atoms with E-state index in [0.29, 0.717) is 5.76 Å². The minimum Gasteiger partial charge on any atom is -0.452 e. The average molecular weight is 210 g/mol. The molecule has 0 aliphatic heterocycles. The summed E-state index contributed by atoms with van der Waals surface area (Å²) in [5.74, 6) is 0.423. The third kappa shape index (κ3) is 1.10. The first-order valence-electron chi connectivity index (χ1n) is 5.17. The number of carbonyl (C=O) groups is 1. The van der Waals surface area contributed by atoms with E-state index in [9.17, 15) is 4.79 Å². The number of carbonyl (C=O) groups excluding carboxylic acids is 1. The molecule has 0 amide bonds. The lowest BCUT2D eigenvalue weighted by Gasteiger charge is -1.97. The lowest BCUT2D eigenvalue weighted by molar-refractivity contribution is 0.110. The van der Waals surface area contributed by atoms with Crippen LogP contribution in [-0.2, 0) is 0 Å². The van der Waals surface area contributed by atoms with Gasteiger partial charge in [-0.2, -0.15) is 0 Å². The normalized spacial score (nSPS) is 11.1. The summed E-state index contributed by atoms with van der Waals surface area (Å²) in [4.78, 5) is 10.8. The Morgan fingerprint density at radius 1 is 1.06 bits per heavy atom. The van der Waals surface area contributed by atoms with E-state index in [1.807, 2.05) is 37.3 Å². The molecule has 0 N–H and O–H groups in total. The summed E-state index contributed by atoms with van der Waals surface area (Å²) in [5, 5.41) is 3.19. The van der Waals surface area contributed by atoms with Crippen molar-refractivity contribution in [2.75, 3.05) is 0 Å². The maximum atomic E-state index is 10.8. The highest BCUT2D eigenvalue weighted by Crippen LogP contribution is 2.30. The summed E-state index contributed by atoms with van der Waals surface area (Å²) in [6.45, 7) is 1.91. The van der Waals surface area contributed by atoms with Gasteiger partial charge >= 0.3 is 0 Å². The van der Waals surface area contributed by atoms with Gasteiger partial charge in [0.05, 0.1) is 0 Å². The largest absolute Gasteiger partial charge is 0.452 e. The van der Waals surface area contributed by atoms with Crippen molar-refractivity contribution in [1.29, 1.82) is 0 Å². The topological polar surface area (TPSA) is 30.2 Å². The van der Waals surface area contributed by atoms with Crippen LogP contribution < -0.4 is 0 Å². The van der Waals surface area contributed by atoms with Crippen molar-refractivity contribution in [2.45, 2.75) is 6.92 Å². The minimum atomic E-state index is 0.423. The molecule has 0 atom stereocenters. The monoisotopic (exact) mass is 210 g/mol. The first-order valence-corrected chi connectivity index (χ1v) is 5.17. The summed E-state index contributed by atoms with van der Waals surface area (Å²) in [6.07, 6.45) is 0.768. The number of rotatable bonds is 1. The van der Waals surface area contributed by atoms with Crippen LogP contribution in [0.5, 0.6) is 0 Å². The summed E-state index contributed by atoms with van der Waals surface area (Å²) in [6, 6.07) is 12.1. The Morgan fingerprint density at radius 2 is 1.88 bits per heavy atom. The van der Waals surface area contributed by atoms with Crippen LogP contribution >= 0.6 is 0 Å². The quantitative estimate of drug-likeness (QED) is 0.573. The SMILES string of the molecule is Cc1c(C=O)oc2c1ccc1ccccc12. The molecule has 0 bridgehead atoms.